The molecule has 7 heteroatoms. The Kier molecular flexibility index (Phi) is 6.37. The highest BCUT2D eigenvalue weighted by Crippen LogP contribution is 2.40. The molecule has 0 saturated carbocycles. The van der Waals surface area contributed by atoms with Crippen molar-refractivity contribution in [2.24, 2.45) is 0 Å². The molecule has 0 aliphatic carbocycles. The van der Waals surface area contributed by atoms with Gasteiger partial charge in [-0.1, -0.05) is 66.1 Å². The highest BCUT2D eigenvalue weighted by molar-refractivity contribution is 6.30. The number of allylic oxidation sites excluding steroid dienone is 1. The number of aryl methyl sites for hydroxylation is 3. The Balaban J connectivity index is 1.65. The zero-order chi connectivity index (χ0) is 25.4. The maximum absolute atomic E-state index is 13.4. The van der Waals surface area contributed by atoms with Gasteiger partial charge in [-0.2, -0.15) is 4.98 Å². The van der Waals surface area contributed by atoms with Crippen LogP contribution in [0.1, 0.15) is 48.0 Å². The lowest BCUT2D eigenvalue weighted by molar-refractivity contribution is 0.244. The number of nitrogens with zero attached hydrogens (tertiary/aromatic N) is 3. The molecular weight excluding hydrogens is 472 g/mol. The first-order valence-corrected chi connectivity index (χ1v) is 12.3. The number of nitrogens with one attached hydrogen (secondary N) is 1. The van der Waals surface area contributed by atoms with E-state index in [-0.39, 0.29) is 6.03 Å². The van der Waals surface area contributed by atoms with Gasteiger partial charge in [-0.05, 0) is 73.7 Å². The van der Waals surface area contributed by atoms with Crippen LogP contribution in [0.2, 0.25) is 5.02 Å². The molecule has 1 aliphatic heterocycles. The second-order valence-electron chi connectivity index (χ2n) is 9.09. The Morgan fingerprint density at radius 2 is 1.72 bits per heavy atom. The fourth-order valence-electron chi connectivity index (χ4n) is 4.69. The number of amides is 2. The van der Waals surface area contributed by atoms with Gasteiger partial charge in [0.1, 0.15) is 0 Å². The molecule has 3 aromatic carbocycles. The smallest absolute Gasteiger partial charge is 0.326 e. The number of aromatic nitrogens is 2. The summed E-state index contributed by atoms with van der Waals surface area (Å²) in [6.45, 7) is 8.05. The SMILES string of the molecule is CCc1ccc(-c2noc(C3=C(C)N(c4cc(C)cc(C)c4)C(=O)NC3c3cccc(Cl)c3)n2)cc1. The van der Waals surface area contributed by atoms with E-state index >= 15 is 0 Å². The van der Waals surface area contributed by atoms with Crippen molar-refractivity contribution in [3.8, 4) is 11.4 Å². The van der Waals surface area contributed by atoms with Crippen molar-refractivity contribution < 1.29 is 9.32 Å². The predicted octanol–water partition coefficient (Wildman–Crippen LogP) is 7.27. The van der Waals surface area contributed by atoms with Crippen molar-refractivity contribution >= 4 is 28.9 Å². The summed E-state index contributed by atoms with van der Waals surface area (Å²) in [4.78, 5) is 19.9. The minimum atomic E-state index is -0.505. The molecule has 1 aliphatic rings. The highest BCUT2D eigenvalue weighted by Gasteiger charge is 2.36. The van der Waals surface area contributed by atoms with Crippen LogP contribution in [0.25, 0.3) is 17.0 Å². The van der Waals surface area contributed by atoms with Gasteiger partial charge in [0.15, 0.2) is 0 Å². The summed E-state index contributed by atoms with van der Waals surface area (Å²) in [6.07, 6.45) is 0.957. The molecule has 2 heterocycles. The van der Waals surface area contributed by atoms with E-state index in [0.29, 0.717) is 22.4 Å². The molecule has 0 saturated heterocycles. The molecule has 0 bridgehead atoms. The van der Waals surface area contributed by atoms with E-state index in [2.05, 4.69) is 35.6 Å². The van der Waals surface area contributed by atoms with Crippen LogP contribution in [0.4, 0.5) is 10.5 Å². The van der Waals surface area contributed by atoms with Gasteiger partial charge in [0, 0.05) is 16.3 Å². The van der Waals surface area contributed by atoms with Crippen molar-refractivity contribution in [1.82, 2.24) is 15.5 Å². The average molecular weight is 499 g/mol. The van der Waals surface area contributed by atoms with Crippen molar-refractivity contribution in [2.75, 3.05) is 4.90 Å². The molecule has 36 heavy (non-hydrogen) atoms. The third kappa shape index (κ3) is 4.52. The van der Waals surface area contributed by atoms with Gasteiger partial charge >= 0.3 is 6.03 Å². The Morgan fingerprint density at radius 1 is 1.00 bits per heavy atom. The lowest BCUT2D eigenvalue weighted by Crippen LogP contribution is -2.46. The van der Waals surface area contributed by atoms with Crippen molar-refractivity contribution in [3.05, 3.63) is 106 Å². The standard InChI is InChI=1S/C29H27ClN4O2/c1-5-20-9-11-21(12-10-20)27-32-28(36-33-27)25-19(4)34(24-14-17(2)13-18(3)15-24)29(35)31-26(25)22-7-6-8-23(30)16-22/h6-16,26H,5H2,1-4H3,(H,31,35). The maximum Gasteiger partial charge on any atom is 0.326 e. The molecule has 2 amide bonds. The van der Waals surface area contributed by atoms with Crippen molar-refractivity contribution in [2.45, 2.75) is 40.2 Å². The highest BCUT2D eigenvalue weighted by atomic mass is 35.5. The van der Waals surface area contributed by atoms with Gasteiger partial charge in [-0.15, -0.1) is 0 Å². The molecular formula is C29H27ClN4O2. The fourth-order valence-corrected chi connectivity index (χ4v) is 4.89. The fraction of sp³-hybridized carbons (Fsp3) is 0.207. The minimum absolute atomic E-state index is 0.235. The van der Waals surface area contributed by atoms with Crippen LogP contribution in [-0.4, -0.2) is 16.2 Å². The Labute approximate surface area is 215 Å². The second kappa shape index (κ2) is 9.63. The van der Waals surface area contributed by atoms with E-state index in [1.54, 1.807) is 11.0 Å². The predicted molar refractivity (Wildman–Crippen MR) is 143 cm³/mol. The Hall–Kier alpha value is -3.90. The molecule has 1 N–H and O–H groups in total. The molecule has 1 aromatic heterocycles. The van der Waals surface area contributed by atoms with Gasteiger partial charge in [0.2, 0.25) is 5.82 Å². The molecule has 1 atom stereocenters. The number of anilines is 1. The van der Waals surface area contributed by atoms with Crippen molar-refractivity contribution in [3.63, 3.8) is 0 Å². The van der Waals surface area contributed by atoms with Crippen LogP contribution >= 0.6 is 11.6 Å². The van der Waals surface area contributed by atoms with Crippen molar-refractivity contribution in [1.29, 1.82) is 0 Å². The summed E-state index contributed by atoms with van der Waals surface area (Å²) in [5, 5.41) is 7.98. The molecule has 4 aromatic rings. The first-order valence-electron chi connectivity index (χ1n) is 11.9. The molecule has 1 unspecified atom stereocenters. The number of hydrogen-bond donors (Lipinski definition) is 1. The Morgan fingerprint density at radius 3 is 2.39 bits per heavy atom. The summed E-state index contributed by atoms with van der Waals surface area (Å²) in [6, 6.07) is 20.9. The van der Waals surface area contributed by atoms with E-state index in [0.717, 1.165) is 39.9 Å². The Bertz CT molecular complexity index is 1450. The van der Waals surface area contributed by atoms with Gasteiger partial charge in [-0.25, -0.2) is 4.79 Å². The van der Waals surface area contributed by atoms with E-state index in [4.69, 9.17) is 21.1 Å². The maximum atomic E-state index is 13.4. The number of benzene rings is 3. The average Bonchev–Trinajstić information content (AvgIpc) is 3.33. The molecule has 0 spiro atoms. The first-order chi connectivity index (χ1) is 17.3. The molecule has 5 rings (SSSR count). The summed E-state index contributed by atoms with van der Waals surface area (Å²) >= 11 is 6.31. The van der Waals surface area contributed by atoms with Crippen LogP contribution < -0.4 is 10.2 Å². The van der Waals surface area contributed by atoms with Gasteiger partial charge in [0.25, 0.3) is 5.89 Å². The molecule has 0 radical (unpaired) electrons. The summed E-state index contributed by atoms with van der Waals surface area (Å²) in [5.41, 5.74) is 7.29. The van der Waals surface area contributed by atoms with E-state index in [1.807, 2.05) is 63.2 Å². The lowest BCUT2D eigenvalue weighted by atomic mass is 9.94. The number of carbonyl (C=O) groups is 1. The molecule has 182 valence electrons. The zero-order valence-electron chi connectivity index (χ0n) is 20.7. The molecule has 6 nitrogen and oxygen atoms in total. The second-order valence-corrected chi connectivity index (χ2v) is 9.53. The number of urea groups is 1. The van der Waals surface area contributed by atoms with E-state index < -0.39 is 6.04 Å². The quantitative estimate of drug-likeness (QED) is 0.314. The summed E-state index contributed by atoms with van der Waals surface area (Å²) < 4.78 is 5.80. The third-order valence-electron chi connectivity index (χ3n) is 6.41. The number of rotatable bonds is 5. The topological polar surface area (TPSA) is 71.3 Å². The normalized spacial score (nSPS) is 15.9. The summed E-state index contributed by atoms with van der Waals surface area (Å²) in [7, 11) is 0. The van der Waals surface area contributed by atoms with Crippen LogP contribution in [0.15, 0.2) is 77.0 Å². The third-order valence-corrected chi connectivity index (χ3v) is 6.64. The van der Waals surface area contributed by atoms with Crippen LogP contribution in [0.3, 0.4) is 0 Å². The number of carbonyl (C=O) groups excluding carboxylic acids is 1. The van der Waals surface area contributed by atoms with Gasteiger partial charge in [0.05, 0.1) is 17.3 Å². The number of hydrogen-bond acceptors (Lipinski definition) is 4. The van der Waals surface area contributed by atoms with Crippen LogP contribution in [0.5, 0.6) is 0 Å². The molecule has 0 fully saturated rings. The summed E-state index contributed by atoms with van der Waals surface area (Å²) in [5.74, 6) is 0.842. The van der Waals surface area contributed by atoms with Crippen LogP contribution in [-0.2, 0) is 6.42 Å². The largest absolute Gasteiger partial charge is 0.334 e. The minimum Gasteiger partial charge on any atom is -0.334 e. The van der Waals surface area contributed by atoms with Gasteiger partial charge in [-0.3, -0.25) is 4.90 Å². The van der Waals surface area contributed by atoms with Crippen LogP contribution in [0, 0.1) is 13.8 Å². The van der Waals surface area contributed by atoms with E-state index in [1.165, 1.54) is 5.56 Å². The number of halogens is 1. The van der Waals surface area contributed by atoms with Gasteiger partial charge < -0.3 is 9.84 Å². The lowest BCUT2D eigenvalue weighted by Gasteiger charge is -2.35. The zero-order valence-corrected chi connectivity index (χ0v) is 21.4. The first kappa shape index (κ1) is 23.8. The monoisotopic (exact) mass is 498 g/mol. The van der Waals surface area contributed by atoms with E-state index in [9.17, 15) is 4.79 Å².